The number of nitro benzene ring substituents is 1. The van der Waals surface area contributed by atoms with E-state index in [2.05, 4.69) is 10.6 Å². The number of imide groups is 1. The van der Waals surface area contributed by atoms with Crippen molar-refractivity contribution in [3.05, 3.63) is 92.0 Å². The molecule has 176 valence electrons. The van der Waals surface area contributed by atoms with Gasteiger partial charge in [-0.05, 0) is 54.6 Å². The SMILES string of the molecule is O=C(NC(=O)c1ccc(Oc2ccc(C(F)(F)F)cc2[N+](=O)[O-])cc1)Nc1cc(Cl)cc(Cl)c1. The number of benzene rings is 3. The van der Waals surface area contributed by atoms with Crippen molar-refractivity contribution < 1.29 is 32.4 Å². The highest BCUT2D eigenvalue weighted by molar-refractivity contribution is 6.35. The Morgan fingerprint density at radius 1 is 0.941 bits per heavy atom. The third kappa shape index (κ3) is 6.36. The van der Waals surface area contributed by atoms with Gasteiger partial charge < -0.3 is 10.1 Å². The van der Waals surface area contributed by atoms with Crippen molar-refractivity contribution >= 4 is 46.5 Å². The molecule has 0 saturated carbocycles. The van der Waals surface area contributed by atoms with E-state index in [0.717, 1.165) is 6.07 Å². The Hall–Kier alpha value is -3.83. The van der Waals surface area contributed by atoms with Gasteiger partial charge >= 0.3 is 17.9 Å². The minimum Gasteiger partial charge on any atom is -0.450 e. The number of nitrogens with one attached hydrogen (secondary N) is 2. The van der Waals surface area contributed by atoms with Crippen LogP contribution in [0.25, 0.3) is 0 Å². The number of ether oxygens (including phenoxy) is 1. The summed E-state index contributed by atoms with van der Waals surface area (Å²) in [7, 11) is 0. The zero-order chi connectivity index (χ0) is 25.0. The Labute approximate surface area is 199 Å². The summed E-state index contributed by atoms with van der Waals surface area (Å²) in [5, 5.41) is 16.2. The van der Waals surface area contributed by atoms with Gasteiger partial charge in [-0.3, -0.25) is 20.2 Å². The first kappa shape index (κ1) is 24.8. The van der Waals surface area contributed by atoms with E-state index in [4.69, 9.17) is 27.9 Å². The molecule has 0 spiro atoms. The summed E-state index contributed by atoms with van der Waals surface area (Å²) in [4.78, 5) is 34.4. The Kier molecular flexibility index (Phi) is 7.28. The van der Waals surface area contributed by atoms with Crippen LogP contribution in [0.1, 0.15) is 15.9 Å². The van der Waals surface area contributed by atoms with Crippen LogP contribution >= 0.6 is 23.2 Å². The highest BCUT2D eigenvalue weighted by atomic mass is 35.5. The number of amides is 3. The fourth-order valence-electron chi connectivity index (χ4n) is 2.69. The first-order chi connectivity index (χ1) is 15.9. The van der Waals surface area contributed by atoms with E-state index in [1.54, 1.807) is 0 Å². The first-order valence-electron chi connectivity index (χ1n) is 9.14. The van der Waals surface area contributed by atoms with Crippen molar-refractivity contribution in [3.8, 4) is 11.5 Å². The molecular weight excluding hydrogens is 502 g/mol. The monoisotopic (exact) mass is 513 g/mol. The number of carbonyl (C=O) groups excluding carboxylic acids is 2. The van der Waals surface area contributed by atoms with Crippen molar-refractivity contribution in [2.45, 2.75) is 6.18 Å². The van der Waals surface area contributed by atoms with Crippen LogP contribution in [0.15, 0.2) is 60.7 Å². The second kappa shape index (κ2) is 9.98. The van der Waals surface area contributed by atoms with Crippen LogP contribution in [0.2, 0.25) is 10.0 Å². The Morgan fingerprint density at radius 2 is 1.56 bits per heavy atom. The number of halogens is 5. The molecule has 0 aliphatic heterocycles. The molecule has 0 aliphatic rings. The molecule has 0 saturated heterocycles. The lowest BCUT2D eigenvalue weighted by molar-refractivity contribution is -0.385. The molecule has 0 radical (unpaired) electrons. The average Bonchev–Trinajstić information content (AvgIpc) is 2.72. The molecule has 3 amide bonds. The second-order valence-electron chi connectivity index (χ2n) is 6.63. The zero-order valence-electron chi connectivity index (χ0n) is 16.7. The van der Waals surface area contributed by atoms with Crippen LogP contribution in [-0.2, 0) is 6.18 Å². The van der Waals surface area contributed by atoms with Gasteiger partial charge in [0.25, 0.3) is 5.91 Å². The Morgan fingerprint density at radius 3 is 2.12 bits per heavy atom. The summed E-state index contributed by atoms with van der Waals surface area (Å²) in [5.74, 6) is -1.19. The van der Waals surface area contributed by atoms with Crippen LogP contribution in [0.4, 0.5) is 29.3 Å². The molecule has 0 aromatic heterocycles. The molecule has 0 fully saturated rings. The summed E-state index contributed by atoms with van der Waals surface area (Å²) < 4.78 is 43.8. The maximum absolute atomic E-state index is 12.8. The fourth-order valence-corrected chi connectivity index (χ4v) is 3.21. The van der Waals surface area contributed by atoms with E-state index in [0.29, 0.717) is 12.1 Å². The van der Waals surface area contributed by atoms with Crippen molar-refractivity contribution in [1.29, 1.82) is 0 Å². The quantitative estimate of drug-likeness (QED) is 0.292. The van der Waals surface area contributed by atoms with Gasteiger partial charge in [0, 0.05) is 27.4 Å². The minimum atomic E-state index is -4.76. The van der Waals surface area contributed by atoms with Gasteiger partial charge in [-0.15, -0.1) is 0 Å². The number of rotatable bonds is 5. The molecular formula is C21H12Cl2F3N3O5. The van der Waals surface area contributed by atoms with Crippen molar-refractivity contribution in [1.82, 2.24) is 5.32 Å². The predicted octanol–water partition coefficient (Wildman–Crippen LogP) is 6.67. The largest absolute Gasteiger partial charge is 0.450 e. The van der Waals surface area contributed by atoms with Gasteiger partial charge in [-0.1, -0.05) is 23.2 Å². The van der Waals surface area contributed by atoms with E-state index in [1.807, 2.05) is 0 Å². The second-order valence-corrected chi connectivity index (χ2v) is 7.50. The zero-order valence-corrected chi connectivity index (χ0v) is 18.2. The fraction of sp³-hybridized carbons (Fsp3) is 0.0476. The van der Waals surface area contributed by atoms with E-state index in [-0.39, 0.29) is 27.0 Å². The van der Waals surface area contributed by atoms with Crippen LogP contribution in [-0.4, -0.2) is 16.9 Å². The van der Waals surface area contributed by atoms with E-state index < -0.39 is 40.0 Å². The number of nitro groups is 1. The van der Waals surface area contributed by atoms with Crippen LogP contribution < -0.4 is 15.4 Å². The molecule has 8 nitrogen and oxygen atoms in total. The molecule has 3 rings (SSSR count). The smallest absolute Gasteiger partial charge is 0.416 e. The Balaban J connectivity index is 1.68. The van der Waals surface area contributed by atoms with E-state index in [9.17, 15) is 32.9 Å². The third-order valence-corrected chi connectivity index (χ3v) is 4.61. The molecule has 0 heterocycles. The molecule has 0 unspecified atom stereocenters. The molecule has 3 aromatic rings. The lowest BCUT2D eigenvalue weighted by Gasteiger charge is -2.10. The molecule has 0 aliphatic carbocycles. The maximum atomic E-state index is 12.8. The molecule has 3 aromatic carbocycles. The number of hydrogen-bond donors (Lipinski definition) is 2. The predicted molar refractivity (Wildman–Crippen MR) is 118 cm³/mol. The summed E-state index contributed by atoms with van der Waals surface area (Å²) in [6, 6.07) is 10.3. The Bertz CT molecular complexity index is 1250. The standard InChI is InChI=1S/C21H12Cl2F3N3O5/c22-13-8-14(23)10-15(9-13)27-20(31)28-19(30)11-1-4-16(5-2-11)34-18-6-3-12(21(24,25)26)7-17(18)29(32)33/h1-10H,(H2,27,28,30,31). The highest BCUT2D eigenvalue weighted by Crippen LogP contribution is 2.37. The highest BCUT2D eigenvalue weighted by Gasteiger charge is 2.33. The first-order valence-corrected chi connectivity index (χ1v) is 9.90. The molecule has 0 bridgehead atoms. The number of alkyl halides is 3. The van der Waals surface area contributed by atoms with Gasteiger partial charge in [0.15, 0.2) is 0 Å². The average molecular weight is 514 g/mol. The summed E-state index contributed by atoms with van der Waals surface area (Å²) in [5.41, 5.74) is -1.79. The number of nitrogens with zero attached hydrogens (tertiary/aromatic N) is 1. The third-order valence-electron chi connectivity index (χ3n) is 4.17. The topological polar surface area (TPSA) is 111 Å². The molecule has 13 heteroatoms. The summed E-state index contributed by atoms with van der Waals surface area (Å²) >= 11 is 11.7. The van der Waals surface area contributed by atoms with Crippen molar-refractivity contribution in [3.63, 3.8) is 0 Å². The lowest BCUT2D eigenvalue weighted by Crippen LogP contribution is -2.34. The van der Waals surface area contributed by atoms with Gasteiger partial charge in [0.1, 0.15) is 5.75 Å². The number of anilines is 1. The van der Waals surface area contributed by atoms with Crippen LogP contribution in [0.3, 0.4) is 0 Å². The van der Waals surface area contributed by atoms with Gasteiger partial charge in [-0.25, -0.2) is 4.79 Å². The summed E-state index contributed by atoms with van der Waals surface area (Å²) in [6.45, 7) is 0. The number of carbonyl (C=O) groups is 2. The van der Waals surface area contributed by atoms with Crippen molar-refractivity contribution in [2.24, 2.45) is 0 Å². The lowest BCUT2D eigenvalue weighted by atomic mass is 10.1. The van der Waals surface area contributed by atoms with Gasteiger partial charge in [-0.2, -0.15) is 13.2 Å². The maximum Gasteiger partial charge on any atom is 0.416 e. The van der Waals surface area contributed by atoms with Crippen LogP contribution in [0, 0.1) is 10.1 Å². The van der Waals surface area contributed by atoms with Gasteiger partial charge in [0.05, 0.1) is 10.5 Å². The molecule has 2 N–H and O–H groups in total. The van der Waals surface area contributed by atoms with E-state index >= 15 is 0 Å². The van der Waals surface area contributed by atoms with E-state index in [1.165, 1.54) is 42.5 Å². The molecule has 34 heavy (non-hydrogen) atoms. The number of hydrogen-bond acceptors (Lipinski definition) is 5. The minimum absolute atomic E-state index is 0.0115. The summed E-state index contributed by atoms with van der Waals surface area (Å²) in [6.07, 6.45) is -4.76. The molecule has 0 atom stereocenters. The van der Waals surface area contributed by atoms with Crippen LogP contribution in [0.5, 0.6) is 11.5 Å². The normalized spacial score (nSPS) is 11.0. The van der Waals surface area contributed by atoms with Gasteiger partial charge in [0.2, 0.25) is 5.75 Å². The number of urea groups is 1. The van der Waals surface area contributed by atoms with Crippen molar-refractivity contribution in [2.75, 3.05) is 5.32 Å².